The molecule has 0 unspecified atom stereocenters. The Labute approximate surface area is 116 Å². The molecule has 2 N–H and O–H groups in total. The molecule has 0 spiro atoms. The minimum absolute atomic E-state index is 0.840. The summed E-state index contributed by atoms with van der Waals surface area (Å²) >= 11 is 0. The SMILES string of the molecule is CCc1ccccc1CNC(=NC)NCCC1CC1. The highest BCUT2D eigenvalue weighted by Gasteiger charge is 2.20. The van der Waals surface area contributed by atoms with Gasteiger partial charge in [0.25, 0.3) is 0 Å². The minimum Gasteiger partial charge on any atom is -0.356 e. The molecule has 3 heteroatoms. The number of rotatable bonds is 6. The topological polar surface area (TPSA) is 36.4 Å². The number of benzene rings is 1. The van der Waals surface area contributed by atoms with Gasteiger partial charge in [0.2, 0.25) is 0 Å². The van der Waals surface area contributed by atoms with Gasteiger partial charge >= 0.3 is 0 Å². The van der Waals surface area contributed by atoms with Gasteiger partial charge in [0.1, 0.15) is 0 Å². The normalized spacial score (nSPS) is 15.4. The standard InChI is InChI=1S/C16H25N3/c1-3-14-6-4-5-7-15(14)12-19-16(17-2)18-11-10-13-8-9-13/h4-7,13H,3,8-12H2,1-2H3,(H2,17,18,19). The molecule has 0 aromatic heterocycles. The van der Waals surface area contributed by atoms with E-state index in [0.717, 1.165) is 31.4 Å². The largest absolute Gasteiger partial charge is 0.356 e. The first-order chi connectivity index (χ1) is 9.33. The van der Waals surface area contributed by atoms with E-state index >= 15 is 0 Å². The predicted octanol–water partition coefficient (Wildman–Crippen LogP) is 2.71. The summed E-state index contributed by atoms with van der Waals surface area (Å²) in [7, 11) is 1.83. The summed E-state index contributed by atoms with van der Waals surface area (Å²) < 4.78 is 0. The van der Waals surface area contributed by atoms with Crippen molar-refractivity contribution in [3.63, 3.8) is 0 Å². The second-order valence-electron chi connectivity index (χ2n) is 5.21. The molecule has 104 valence electrons. The zero-order chi connectivity index (χ0) is 13.5. The lowest BCUT2D eigenvalue weighted by Gasteiger charge is -2.13. The van der Waals surface area contributed by atoms with E-state index in [1.807, 2.05) is 7.05 Å². The van der Waals surface area contributed by atoms with E-state index in [1.54, 1.807) is 0 Å². The lowest BCUT2D eigenvalue weighted by molar-refractivity contribution is 0.684. The van der Waals surface area contributed by atoms with Gasteiger partial charge in [0, 0.05) is 20.1 Å². The first kappa shape index (κ1) is 13.9. The molecule has 1 aliphatic carbocycles. The third kappa shape index (κ3) is 4.58. The second kappa shape index (κ2) is 7.17. The summed E-state index contributed by atoms with van der Waals surface area (Å²) in [5.74, 6) is 1.87. The van der Waals surface area contributed by atoms with Crippen LogP contribution in [-0.4, -0.2) is 19.6 Å². The average molecular weight is 259 g/mol. The zero-order valence-electron chi connectivity index (χ0n) is 12.1. The van der Waals surface area contributed by atoms with Crippen molar-refractivity contribution < 1.29 is 0 Å². The van der Waals surface area contributed by atoms with Crippen molar-refractivity contribution in [2.24, 2.45) is 10.9 Å². The monoisotopic (exact) mass is 259 g/mol. The Morgan fingerprint density at radius 3 is 2.58 bits per heavy atom. The van der Waals surface area contributed by atoms with Gasteiger partial charge in [0.15, 0.2) is 5.96 Å². The Kier molecular flexibility index (Phi) is 5.25. The van der Waals surface area contributed by atoms with E-state index in [9.17, 15) is 0 Å². The van der Waals surface area contributed by atoms with Crippen LogP contribution in [0.1, 0.15) is 37.3 Å². The highest BCUT2D eigenvalue weighted by atomic mass is 15.2. The Balaban J connectivity index is 1.78. The Bertz CT molecular complexity index is 422. The van der Waals surface area contributed by atoms with Crippen LogP contribution in [0.3, 0.4) is 0 Å². The van der Waals surface area contributed by atoms with Gasteiger partial charge in [-0.1, -0.05) is 44.0 Å². The van der Waals surface area contributed by atoms with Crippen LogP contribution in [0.2, 0.25) is 0 Å². The third-order valence-electron chi connectivity index (χ3n) is 3.71. The molecule has 0 amide bonds. The number of nitrogens with zero attached hydrogens (tertiary/aromatic N) is 1. The van der Waals surface area contributed by atoms with Gasteiger partial charge < -0.3 is 10.6 Å². The van der Waals surface area contributed by atoms with Crippen molar-refractivity contribution in [1.82, 2.24) is 10.6 Å². The molecule has 3 nitrogen and oxygen atoms in total. The van der Waals surface area contributed by atoms with E-state index in [4.69, 9.17) is 0 Å². The first-order valence-electron chi connectivity index (χ1n) is 7.34. The molecule has 0 bridgehead atoms. The van der Waals surface area contributed by atoms with E-state index in [-0.39, 0.29) is 0 Å². The minimum atomic E-state index is 0.840. The van der Waals surface area contributed by atoms with Crippen LogP contribution in [0.25, 0.3) is 0 Å². The highest BCUT2D eigenvalue weighted by molar-refractivity contribution is 5.79. The fraction of sp³-hybridized carbons (Fsp3) is 0.562. The van der Waals surface area contributed by atoms with E-state index in [1.165, 1.54) is 30.4 Å². The van der Waals surface area contributed by atoms with Crippen molar-refractivity contribution in [3.8, 4) is 0 Å². The van der Waals surface area contributed by atoms with Crippen molar-refractivity contribution in [1.29, 1.82) is 0 Å². The molecule has 0 atom stereocenters. The molecule has 1 aliphatic rings. The van der Waals surface area contributed by atoms with Crippen molar-refractivity contribution in [2.75, 3.05) is 13.6 Å². The first-order valence-corrected chi connectivity index (χ1v) is 7.34. The van der Waals surface area contributed by atoms with Gasteiger partial charge in [-0.25, -0.2) is 0 Å². The molecule has 19 heavy (non-hydrogen) atoms. The molecule has 0 saturated heterocycles. The summed E-state index contributed by atoms with van der Waals surface area (Å²) in [6.07, 6.45) is 5.17. The smallest absolute Gasteiger partial charge is 0.191 e. The summed E-state index contributed by atoms with van der Waals surface area (Å²) in [5.41, 5.74) is 2.76. The highest BCUT2D eigenvalue weighted by Crippen LogP contribution is 2.31. The summed E-state index contributed by atoms with van der Waals surface area (Å²) in [6.45, 7) is 4.06. The van der Waals surface area contributed by atoms with Gasteiger partial charge in [-0.3, -0.25) is 4.99 Å². The molecule has 0 heterocycles. The van der Waals surface area contributed by atoms with Crippen molar-refractivity contribution >= 4 is 5.96 Å². The van der Waals surface area contributed by atoms with Crippen LogP contribution in [-0.2, 0) is 13.0 Å². The molecule has 1 saturated carbocycles. The van der Waals surface area contributed by atoms with E-state index in [2.05, 4.69) is 46.8 Å². The molecule has 1 aromatic rings. The van der Waals surface area contributed by atoms with Gasteiger partial charge in [-0.2, -0.15) is 0 Å². The van der Waals surface area contributed by atoms with Crippen LogP contribution < -0.4 is 10.6 Å². The molecule has 0 radical (unpaired) electrons. The second-order valence-corrected chi connectivity index (χ2v) is 5.21. The molecule has 2 rings (SSSR count). The number of guanidine groups is 1. The van der Waals surface area contributed by atoms with Crippen LogP contribution >= 0.6 is 0 Å². The summed E-state index contributed by atoms with van der Waals surface area (Å²) in [6, 6.07) is 8.58. The molecular formula is C16H25N3. The maximum atomic E-state index is 4.27. The summed E-state index contributed by atoms with van der Waals surface area (Å²) in [5, 5.41) is 6.78. The molecule has 1 aromatic carbocycles. The Morgan fingerprint density at radius 2 is 1.95 bits per heavy atom. The average Bonchev–Trinajstić information content (AvgIpc) is 3.27. The lowest BCUT2D eigenvalue weighted by atomic mass is 10.1. The van der Waals surface area contributed by atoms with E-state index in [0.29, 0.717) is 0 Å². The molecular weight excluding hydrogens is 234 g/mol. The van der Waals surface area contributed by atoms with Gasteiger partial charge in [0.05, 0.1) is 0 Å². The zero-order valence-corrected chi connectivity index (χ0v) is 12.1. The number of aliphatic imine (C=N–C) groups is 1. The van der Waals surface area contributed by atoms with Crippen molar-refractivity contribution in [2.45, 2.75) is 39.2 Å². The Morgan fingerprint density at radius 1 is 1.21 bits per heavy atom. The molecule has 0 aliphatic heterocycles. The van der Waals surface area contributed by atoms with Crippen LogP contribution in [0.4, 0.5) is 0 Å². The summed E-state index contributed by atoms with van der Waals surface area (Å²) in [4.78, 5) is 4.27. The van der Waals surface area contributed by atoms with Crippen molar-refractivity contribution in [3.05, 3.63) is 35.4 Å². The quantitative estimate of drug-likeness (QED) is 0.609. The number of aryl methyl sites for hydroxylation is 1. The maximum Gasteiger partial charge on any atom is 0.191 e. The predicted molar refractivity (Wildman–Crippen MR) is 81.4 cm³/mol. The third-order valence-corrected chi connectivity index (χ3v) is 3.71. The number of hydrogen-bond acceptors (Lipinski definition) is 1. The number of hydrogen-bond donors (Lipinski definition) is 2. The fourth-order valence-corrected chi connectivity index (χ4v) is 2.28. The van der Waals surface area contributed by atoms with Gasteiger partial charge in [-0.15, -0.1) is 0 Å². The Hall–Kier alpha value is -1.51. The van der Waals surface area contributed by atoms with Crippen LogP contribution in [0, 0.1) is 5.92 Å². The lowest BCUT2D eigenvalue weighted by Crippen LogP contribution is -2.37. The number of nitrogens with one attached hydrogen (secondary N) is 2. The fourth-order valence-electron chi connectivity index (χ4n) is 2.28. The van der Waals surface area contributed by atoms with Crippen LogP contribution in [0.15, 0.2) is 29.3 Å². The van der Waals surface area contributed by atoms with Crippen LogP contribution in [0.5, 0.6) is 0 Å². The van der Waals surface area contributed by atoms with Gasteiger partial charge in [-0.05, 0) is 29.9 Å². The van der Waals surface area contributed by atoms with E-state index < -0.39 is 0 Å². The maximum absolute atomic E-state index is 4.27. The molecule has 1 fully saturated rings.